The molecule has 0 unspecified atom stereocenters. The number of hydroxylamine groups is 1. The van der Waals surface area contributed by atoms with Crippen molar-refractivity contribution >= 4 is 6.08 Å². The van der Waals surface area contributed by atoms with Gasteiger partial charge in [-0.15, -0.1) is 0 Å². The Morgan fingerprint density at radius 2 is 2.17 bits per heavy atom. The highest BCUT2D eigenvalue weighted by Crippen LogP contribution is 2.22. The molecule has 1 aromatic rings. The zero-order valence-corrected chi connectivity index (χ0v) is 6.79. The summed E-state index contributed by atoms with van der Waals surface area (Å²) in [5.41, 5.74) is 3.86. The molecule has 62 valence electrons. The molecule has 0 bridgehead atoms. The monoisotopic (exact) mass is 162 g/mol. The summed E-state index contributed by atoms with van der Waals surface area (Å²) in [6.07, 6.45) is 2.00. The third-order valence-corrected chi connectivity index (χ3v) is 1.76. The summed E-state index contributed by atoms with van der Waals surface area (Å²) in [7, 11) is 1.84. The van der Waals surface area contributed by atoms with Crippen LogP contribution in [0, 0.1) is 0 Å². The van der Waals surface area contributed by atoms with E-state index in [1.54, 1.807) is 0 Å². The predicted molar refractivity (Wildman–Crippen MR) is 47.2 cm³/mol. The van der Waals surface area contributed by atoms with Crippen LogP contribution in [0.1, 0.15) is 5.56 Å². The van der Waals surface area contributed by atoms with Crippen LogP contribution >= 0.6 is 0 Å². The van der Waals surface area contributed by atoms with Gasteiger partial charge in [-0.1, -0.05) is 18.2 Å². The summed E-state index contributed by atoms with van der Waals surface area (Å²) in [4.78, 5) is 5.25. The number of hydrogen-bond donors (Lipinski definition) is 2. The number of rotatable bonds is 1. The van der Waals surface area contributed by atoms with Crippen molar-refractivity contribution in [2.75, 3.05) is 7.05 Å². The lowest BCUT2D eigenvalue weighted by Gasteiger charge is -2.17. The van der Waals surface area contributed by atoms with Gasteiger partial charge in [-0.05, 0) is 12.1 Å². The van der Waals surface area contributed by atoms with E-state index in [4.69, 9.17) is 4.84 Å². The second-order valence-electron chi connectivity index (χ2n) is 2.55. The SMILES string of the molecule is CNC1=Cc2ccccc2ON1. The lowest BCUT2D eigenvalue weighted by Crippen LogP contribution is -2.28. The van der Waals surface area contributed by atoms with Crippen LogP contribution in [0.2, 0.25) is 0 Å². The average Bonchev–Trinajstić information content (AvgIpc) is 2.17. The molecule has 0 fully saturated rings. The van der Waals surface area contributed by atoms with Gasteiger partial charge in [-0.25, -0.2) is 5.48 Å². The van der Waals surface area contributed by atoms with Crippen molar-refractivity contribution in [1.82, 2.24) is 10.8 Å². The number of fused-ring (bicyclic) bond motifs is 1. The molecule has 0 radical (unpaired) electrons. The van der Waals surface area contributed by atoms with Crippen LogP contribution in [0.25, 0.3) is 6.08 Å². The fourth-order valence-electron chi connectivity index (χ4n) is 1.11. The van der Waals surface area contributed by atoms with Crippen LogP contribution in [0.5, 0.6) is 5.75 Å². The van der Waals surface area contributed by atoms with Gasteiger partial charge in [0.25, 0.3) is 0 Å². The molecule has 3 heteroatoms. The zero-order valence-electron chi connectivity index (χ0n) is 6.79. The van der Waals surface area contributed by atoms with Gasteiger partial charge in [-0.2, -0.15) is 0 Å². The molecule has 1 aromatic carbocycles. The van der Waals surface area contributed by atoms with E-state index >= 15 is 0 Å². The quantitative estimate of drug-likeness (QED) is 0.648. The summed E-state index contributed by atoms with van der Waals surface area (Å²) in [5.74, 6) is 1.73. The minimum Gasteiger partial charge on any atom is -0.380 e. The number of benzene rings is 1. The Balaban J connectivity index is 2.41. The van der Waals surface area contributed by atoms with Crippen molar-refractivity contribution < 1.29 is 4.84 Å². The first-order chi connectivity index (χ1) is 5.90. The first-order valence-corrected chi connectivity index (χ1v) is 3.81. The van der Waals surface area contributed by atoms with Crippen molar-refractivity contribution in [3.63, 3.8) is 0 Å². The molecule has 0 aromatic heterocycles. The fourth-order valence-corrected chi connectivity index (χ4v) is 1.11. The van der Waals surface area contributed by atoms with E-state index in [-0.39, 0.29) is 0 Å². The third-order valence-electron chi connectivity index (χ3n) is 1.76. The first-order valence-electron chi connectivity index (χ1n) is 3.81. The number of hydrogen-bond acceptors (Lipinski definition) is 3. The molecule has 0 saturated heterocycles. The Labute approximate surface area is 71.0 Å². The van der Waals surface area contributed by atoms with E-state index in [1.165, 1.54) is 0 Å². The summed E-state index contributed by atoms with van der Waals surface area (Å²) < 4.78 is 0. The summed E-state index contributed by atoms with van der Waals surface area (Å²) in [5, 5.41) is 2.97. The van der Waals surface area contributed by atoms with Gasteiger partial charge >= 0.3 is 0 Å². The maximum Gasteiger partial charge on any atom is 0.162 e. The Bertz CT molecular complexity index is 320. The van der Waals surface area contributed by atoms with Crippen molar-refractivity contribution in [2.45, 2.75) is 0 Å². The van der Waals surface area contributed by atoms with E-state index in [0.717, 1.165) is 17.1 Å². The van der Waals surface area contributed by atoms with E-state index in [1.807, 2.05) is 37.4 Å². The van der Waals surface area contributed by atoms with Crippen LogP contribution in [-0.4, -0.2) is 7.05 Å². The molecule has 12 heavy (non-hydrogen) atoms. The summed E-state index contributed by atoms with van der Waals surface area (Å²) in [6, 6.07) is 7.86. The third kappa shape index (κ3) is 1.09. The molecule has 1 aliphatic heterocycles. The van der Waals surface area contributed by atoms with Crippen LogP contribution in [0.4, 0.5) is 0 Å². The van der Waals surface area contributed by atoms with Gasteiger partial charge in [0.2, 0.25) is 0 Å². The lowest BCUT2D eigenvalue weighted by atomic mass is 10.2. The Kier molecular flexibility index (Phi) is 1.63. The van der Waals surface area contributed by atoms with Crippen LogP contribution < -0.4 is 15.6 Å². The molecule has 2 rings (SSSR count). The zero-order chi connectivity index (χ0) is 8.39. The normalized spacial score (nSPS) is 13.6. The number of nitrogens with one attached hydrogen (secondary N) is 2. The second kappa shape index (κ2) is 2.77. The molecule has 0 saturated carbocycles. The largest absolute Gasteiger partial charge is 0.380 e. The molecular weight excluding hydrogens is 152 g/mol. The van der Waals surface area contributed by atoms with Gasteiger partial charge in [0.15, 0.2) is 5.75 Å². The van der Waals surface area contributed by atoms with Gasteiger partial charge < -0.3 is 10.2 Å². The van der Waals surface area contributed by atoms with Crippen LogP contribution in [0.3, 0.4) is 0 Å². The van der Waals surface area contributed by atoms with E-state index in [0.29, 0.717) is 0 Å². The molecule has 1 heterocycles. The number of para-hydroxylation sites is 1. The van der Waals surface area contributed by atoms with E-state index < -0.39 is 0 Å². The van der Waals surface area contributed by atoms with E-state index in [2.05, 4.69) is 10.8 Å². The second-order valence-corrected chi connectivity index (χ2v) is 2.55. The minimum absolute atomic E-state index is 0.858. The maximum atomic E-state index is 5.25. The first kappa shape index (κ1) is 7.03. The molecule has 0 amide bonds. The van der Waals surface area contributed by atoms with Crippen molar-refractivity contribution in [1.29, 1.82) is 0 Å². The van der Waals surface area contributed by atoms with Crippen molar-refractivity contribution in [3.8, 4) is 5.75 Å². The van der Waals surface area contributed by atoms with Gasteiger partial charge in [0.05, 0.1) is 0 Å². The summed E-state index contributed by atoms with van der Waals surface area (Å²) in [6.45, 7) is 0. The van der Waals surface area contributed by atoms with Crippen molar-refractivity contribution in [2.24, 2.45) is 0 Å². The van der Waals surface area contributed by atoms with Gasteiger partial charge in [-0.3, -0.25) is 0 Å². The molecule has 0 atom stereocenters. The Hall–Kier alpha value is -1.64. The van der Waals surface area contributed by atoms with Crippen LogP contribution in [-0.2, 0) is 0 Å². The molecule has 1 aliphatic rings. The standard InChI is InChI=1S/C9H10N2O/c1-10-9-6-7-4-2-3-5-8(7)12-11-9/h2-6,10-11H,1H3. The van der Waals surface area contributed by atoms with Gasteiger partial charge in [0, 0.05) is 12.6 Å². The Morgan fingerprint density at radius 3 is 3.00 bits per heavy atom. The molecule has 0 aliphatic carbocycles. The highest BCUT2D eigenvalue weighted by Gasteiger charge is 2.07. The fraction of sp³-hybridized carbons (Fsp3) is 0.111. The summed E-state index contributed by atoms with van der Waals surface area (Å²) >= 11 is 0. The minimum atomic E-state index is 0.858. The molecule has 0 spiro atoms. The average molecular weight is 162 g/mol. The smallest absolute Gasteiger partial charge is 0.162 e. The lowest BCUT2D eigenvalue weighted by molar-refractivity contribution is 0.217. The predicted octanol–water partition coefficient (Wildman–Crippen LogP) is 1.10. The highest BCUT2D eigenvalue weighted by atomic mass is 16.6. The van der Waals surface area contributed by atoms with E-state index in [9.17, 15) is 0 Å². The Morgan fingerprint density at radius 1 is 1.33 bits per heavy atom. The molecule has 2 N–H and O–H groups in total. The highest BCUT2D eigenvalue weighted by molar-refractivity contribution is 5.60. The molecule has 3 nitrogen and oxygen atoms in total. The topological polar surface area (TPSA) is 33.3 Å². The van der Waals surface area contributed by atoms with Gasteiger partial charge in [0.1, 0.15) is 5.82 Å². The molecular formula is C9H10N2O. The van der Waals surface area contributed by atoms with Crippen LogP contribution in [0.15, 0.2) is 30.1 Å². The maximum absolute atomic E-state index is 5.25. The van der Waals surface area contributed by atoms with Crippen molar-refractivity contribution in [3.05, 3.63) is 35.6 Å².